The fraction of sp³-hybridized carbons (Fsp3) is 0.667. The minimum Gasteiger partial charge on any atom is -0.490 e. The topological polar surface area (TPSA) is 32.7 Å². The molecule has 2 rings (SSSR count). The van der Waals surface area contributed by atoms with Gasteiger partial charge in [0.2, 0.25) is 0 Å². The van der Waals surface area contributed by atoms with Crippen LogP contribution in [0.15, 0.2) is 18.2 Å². The van der Waals surface area contributed by atoms with Crippen LogP contribution in [0.2, 0.25) is 0 Å². The van der Waals surface area contributed by atoms with Crippen LogP contribution in [-0.4, -0.2) is 42.4 Å². The van der Waals surface area contributed by atoms with E-state index in [0.29, 0.717) is 12.7 Å². The SMILES string of the molecule is Cc1ccc(C)c(OC2CCN(CCCCCO)CC2)c1. The summed E-state index contributed by atoms with van der Waals surface area (Å²) in [6.07, 6.45) is 5.87. The summed E-state index contributed by atoms with van der Waals surface area (Å²) in [5, 5.41) is 8.79. The molecule has 3 heteroatoms. The lowest BCUT2D eigenvalue weighted by molar-refractivity contribution is 0.0986. The number of unbranched alkanes of at least 4 members (excludes halogenated alkanes) is 2. The van der Waals surface area contributed by atoms with Crippen molar-refractivity contribution in [3.05, 3.63) is 29.3 Å². The Hall–Kier alpha value is -1.06. The second-order valence-corrected chi connectivity index (χ2v) is 6.21. The first kappa shape index (κ1) is 16.3. The Kier molecular flexibility index (Phi) is 6.52. The number of aliphatic hydroxyl groups is 1. The van der Waals surface area contributed by atoms with Crippen LogP contribution < -0.4 is 4.74 Å². The van der Waals surface area contributed by atoms with E-state index in [2.05, 4.69) is 36.9 Å². The molecule has 118 valence electrons. The molecule has 1 heterocycles. The molecule has 0 saturated carbocycles. The molecule has 1 N–H and O–H groups in total. The molecule has 21 heavy (non-hydrogen) atoms. The molecule has 1 aromatic rings. The van der Waals surface area contributed by atoms with E-state index in [1.54, 1.807) is 0 Å². The van der Waals surface area contributed by atoms with E-state index in [1.807, 2.05) is 0 Å². The maximum atomic E-state index is 8.79. The molecule has 1 fully saturated rings. The fourth-order valence-corrected chi connectivity index (χ4v) is 2.89. The highest BCUT2D eigenvalue weighted by atomic mass is 16.5. The Bertz CT molecular complexity index is 425. The molecule has 3 nitrogen and oxygen atoms in total. The number of aryl methyl sites for hydroxylation is 2. The summed E-state index contributed by atoms with van der Waals surface area (Å²) >= 11 is 0. The molecule has 0 atom stereocenters. The summed E-state index contributed by atoms with van der Waals surface area (Å²) < 4.78 is 6.20. The molecule has 1 aliphatic rings. The second-order valence-electron chi connectivity index (χ2n) is 6.21. The number of aliphatic hydroxyl groups excluding tert-OH is 1. The van der Waals surface area contributed by atoms with E-state index in [0.717, 1.165) is 51.1 Å². The average molecular weight is 291 g/mol. The predicted molar refractivity (Wildman–Crippen MR) is 86.9 cm³/mol. The van der Waals surface area contributed by atoms with E-state index in [-0.39, 0.29) is 0 Å². The van der Waals surface area contributed by atoms with Crippen LogP contribution in [0.4, 0.5) is 0 Å². The van der Waals surface area contributed by atoms with Crippen molar-refractivity contribution in [3.63, 3.8) is 0 Å². The van der Waals surface area contributed by atoms with Gasteiger partial charge >= 0.3 is 0 Å². The molecular weight excluding hydrogens is 262 g/mol. The Labute approximate surface area is 128 Å². The molecule has 1 aromatic carbocycles. The van der Waals surface area contributed by atoms with Crippen LogP contribution in [-0.2, 0) is 0 Å². The Morgan fingerprint density at radius 1 is 1.14 bits per heavy atom. The number of ether oxygens (including phenoxy) is 1. The van der Waals surface area contributed by atoms with Gasteiger partial charge in [0, 0.05) is 19.7 Å². The van der Waals surface area contributed by atoms with Gasteiger partial charge in [-0.3, -0.25) is 0 Å². The average Bonchev–Trinajstić information content (AvgIpc) is 2.49. The minimum atomic E-state index is 0.325. The van der Waals surface area contributed by atoms with Crippen molar-refractivity contribution in [1.29, 1.82) is 0 Å². The highest BCUT2D eigenvalue weighted by Crippen LogP contribution is 2.24. The number of nitrogens with zero attached hydrogens (tertiary/aromatic N) is 1. The van der Waals surface area contributed by atoms with Crippen molar-refractivity contribution >= 4 is 0 Å². The highest BCUT2D eigenvalue weighted by molar-refractivity contribution is 5.36. The third kappa shape index (κ3) is 5.33. The van der Waals surface area contributed by atoms with Crippen LogP contribution in [0.1, 0.15) is 43.2 Å². The molecule has 1 saturated heterocycles. The zero-order chi connectivity index (χ0) is 15.1. The maximum Gasteiger partial charge on any atom is 0.122 e. The van der Waals surface area contributed by atoms with Gasteiger partial charge in [-0.25, -0.2) is 0 Å². The van der Waals surface area contributed by atoms with Gasteiger partial charge in [0.15, 0.2) is 0 Å². The first-order valence-corrected chi connectivity index (χ1v) is 8.26. The molecule has 0 bridgehead atoms. The van der Waals surface area contributed by atoms with Gasteiger partial charge in [0.1, 0.15) is 11.9 Å². The third-order valence-electron chi connectivity index (χ3n) is 4.30. The van der Waals surface area contributed by atoms with E-state index in [1.165, 1.54) is 17.5 Å². The van der Waals surface area contributed by atoms with Gasteiger partial charge in [0.05, 0.1) is 0 Å². The lowest BCUT2D eigenvalue weighted by atomic mass is 10.1. The number of benzene rings is 1. The normalized spacial score (nSPS) is 17.1. The first-order valence-electron chi connectivity index (χ1n) is 8.26. The van der Waals surface area contributed by atoms with Crippen molar-refractivity contribution in [2.24, 2.45) is 0 Å². The van der Waals surface area contributed by atoms with Crippen molar-refractivity contribution in [1.82, 2.24) is 4.90 Å². The van der Waals surface area contributed by atoms with E-state index in [4.69, 9.17) is 9.84 Å². The predicted octanol–water partition coefficient (Wildman–Crippen LogP) is 3.31. The fourth-order valence-electron chi connectivity index (χ4n) is 2.89. The van der Waals surface area contributed by atoms with Gasteiger partial charge in [-0.05, 0) is 69.7 Å². The van der Waals surface area contributed by atoms with E-state index < -0.39 is 0 Å². The van der Waals surface area contributed by atoms with Crippen LogP contribution >= 0.6 is 0 Å². The molecule has 0 amide bonds. The van der Waals surface area contributed by atoms with Gasteiger partial charge in [-0.15, -0.1) is 0 Å². The lowest BCUT2D eigenvalue weighted by Crippen LogP contribution is -2.38. The minimum absolute atomic E-state index is 0.325. The second kappa shape index (κ2) is 8.40. The number of rotatable bonds is 7. The Morgan fingerprint density at radius 2 is 1.90 bits per heavy atom. The van der Waals surface area contributed by atoms with Crippen molar-refractivity contribution < 1.29 is 9.84 Å². The standard InChI is InChI=1S/C18H29NO2/c1-15-6-7-16(2)18(14-15)21-17-8-11-19(12-9-17)10-4-3-5-13-20/h6-7,14,17,20H,3-5,8-13H2,1-2H3. The first-order chi connectivity index (χ1) is 10.2. The van der Waals surface area contributed by atoms with Crippen LogP contribution in [0.3, 0.4) is 0 Å². The van der Waals surface area contributed by atoms with Crippen LogP contribution in [0.25, 0.3) is 0 Å². The summed E-state index contributed by atoms with van der Waals surface area (Å²) in [4.78, 5) is 2.53. The summed E-state index contributed by atoms with van der Waals surface area (Å²) in [6, 6.07) is 6.43. The Morgan fingerprint density at radius 3 is 2.62 bits per heavy atom. The smallest absolute Gasteiger partial charge is 0.122 e. The molecule has 0 unspecified atom stereocenters. The quantitative estimate of drug-likeness (QED) is 0.782. The van der Waals surface area contributed by atoms with Crippen molar-refractivity contribution in [2.45, 2.75) is 52.1 Å². The summed E-state index contributed by atoms with van der Waals surface area (Å²) in [5.41, 5.74) is 2.49. The largest absolute Gasteiger partial charge is 0.490 e. The van der Waals surface area contributed by atoms with Crippen molar-refractivity contribution in [3.8, 4) is 5.75 Å². The summed E-state index contributed by atoms with van der Waals surface area (Å²) in [6.45, 7) is 7.98. The van der Waals surface area contributed by atoms with Crippen LogP contribution in [0.5, 0.6) is 5.75 Å². The molecule has 0 aromatic heterocycles. The Balaban J connectivity index is 1.72. The molecule has 0 radical (unpaired) electrons. The molecular formula is C18H29NO2. The van der Waals surface area contributed by atoms with E-state index >= 15 is 0 Å². The molecule has 0 spiro atoms. The van der Waals surface area contributed by atoms with Gasteiger partial charge in [0.25, 0.3) is 0 Å². The summed E-state index contributed by atoms with van der Waals surface area (Å²) in [5.74, 6) is 1.05. The number of hydrogen-bond acceptors (Lipinski definition) is 3. The molecule has 1 aliphatic heterocycles. The number of likely N-dealkylation sites (tertiary alicyclic amines) is 1. The number of hydrogen-bond donors (Lipinski definition) is 1. The zero-order valence-electron chi connectivity index (χ0n) is 13.5. The van der Waals surface area contributed by atoms with Gasteiger partial charge in [-0.1, -0.05) is 12.1 Å². The molecule has 0 aliphatic carbocycles. The van der Waals surface area contributed by atoms with Crippen molar-refractivity contribution in [2.75, 3.05) is 26.2 Å². The van der Waals surface area contributed by atoms with E-state index in [9.17, 15) is 0 Å². The van der Waals surface area contributed by atoms with Gasteiger partial charge < -0.3 is 14.7 Å². The third-order valence-corrected chi connectivity index (χ3v) is 4.30. The number of piperidine rings is 1. The lowest BCUT2D eigenvalue weighted by Gasteiger charge is -2.32. The van der Waals surface area contributed by atoms with Gasteiger partial charge in [-0.2, -0.15) is 0 Å². The maximum absolute atomic E-state index is 8.79. The monoisotopic (exact) mass is 291 g/mol. The highest BCUT2D eigenvalue weighted by Gasteiger charge is 2.20. The van der Waals surface area contributed by atoms with Crippen LogP contribution in [0, 0.1) is 13.8 Å². The zero-order valence-corrected chi connectivity index (χ0v) is 13.5. The summed E-state index contributed by atoms with van der Waals surface area (Å²) in [7, 11) is 0.